The second kappa shape index (κ2) is 29.8. The van der Waals surface area contributed by atoms with Gasteiger partial charge in [-0.2, -0.15) is 0 Å². The van der Waals surface area contributed by atoms with Crippen LogP contribution in [0.2, 0.25) is 0 Å². The molecule has 6 nitrogen and oxygen atoms in total. The van der Waals surface area contributed by atoms with Crippen molar-refractivity contribution in [2.45, 2.75) is 118 Å². The van der Waals surface area contributed by atoms with Crippen LogP contribution >= 0.6 is 0 Å². The van der Waals surface area contributed by atoms with Gasteiger partial charge in [0, 0.05) is 18.2 Å². The second-order valence-corrected chi connectivity index (χ2v) is 13.1. The Labute approximate surface area is 321 Å². The van der Waals surface area contributed by atoms with E-state index < -0.39 is 11.9 Å². The monoisotopic (exact) mass is 726 g/mol. The number of unbranched alkanes of at least 4 members (excludes halogenated alkanes) is 1. The first-order valence-electron chi connectivity index (χ1n) is 19.1. The van der Waals surface area contributed by atoms with Crippen molar-refractivity contribution in [3.8, 4) is 11.5 Å². The van der Waals surface area contributed by atoms with Crippen molar-refractivity contribution in [2.24, 2.45) is 5.92 Å². The quantitative estimate of drug-likeness (QED) is 0.0596. The standard InChI is InChI=1S/2C13H16O2.C11H20O2.C10H14/c2*1-4-10(3)11-6-8-12(9-7-11)15-13(14)5-2;1-4-10(3)8-6-7-9-13-11(12)5-2;1-3-9(2)10-7-5-4-6-8-10/h2*5-10H,2,4H2,1,3H3;5,10H,2,4,6-9H2,1,3H3;4-9H,3H2,1-2H3. The van der Waals surface area contributed by atoms with Gasteiger partial charge in [-0.05, 0) is 96.7 Å². The molecule has 0 amide bonds. The number of ether oxygens (including phenoxy) is 3. The Hall–Kier alpha value is -4.71. The van der Waals surface area contributed by atoms with Gasteiger partial charge in [-0.15, -0.1) is 0 Å². The number of carbonyl (C=O) groups is 3. The van der Waals surface area contributed by atoms with Gasteiger partial charge in [0.05, 0.1) is 6.61 Å². The molecule has 0 aliphatic rings. The van der Waals surface area contributed by atoms with Crippen molar-refractivity contribution in [1.29, 1.82) is 0 Å². The van der Waals surface area contributed by atoms with Crippen LogP contribution in [0.3, 0.4) is 0 Å². The SMILES string of the molecule is C=CC(=O)OCCCCC(C)CC.C=CC(=O)Oc1ccc(C(C)CC)cc1.C=CC(=O)Oc1ccc(C(C)CC)cc1.CCC(C)c1ccccc1. The van der Waals surface area contributed by atoms with Crippen molar-refractivity contribution in [3.63, 3.8) is 0 Å². The fraction of sp³-hybridized carbons (Fsp3) is 0.426. The Morgan fingerprint density at radius 3 is 1.25 bits per heavy atom. The van der Waals surface area contributed by atoms with Gasteiger partial charge in [-0.1, -0.05) is 143 Å². The van der Waals surface area contributed by atoms with Crippen LogP contribution in [0, 0.1) is 5.92 Å². The summed E-state index contributed by atoms with van der Waals surface area (Å²) in [5, 5.41) is 0. The Bertz CT molecular complexity index is 1370. The molecule has 53 heavy (non-hydrogen) atoms. The Balaban J connectivity index is 0.000000687. The van der Waals surface area contributed by atoms with Crippen LogP contribution in [0.5, 0.6) is 11.5 Å². The van der Waals surface area contributed by atoms with Gasteiger partial charge in [-0.25, -0.2) is 14.4 Å². The number of esters is 3. The minimum Gasteiger partial charge on any atom is -0.463 e. The minimum absolute atomic E-state index is 0.316. The molecule has 0 heterocycles. The summed E-state index contributed by atoms with van der Waals surface area (Å²) in [6, 6.07) is 25.8. The molecule has 0 radical (unpaired) electrons. The first-order valence-corrected chi connectivity index (χ1v) is 19.1. The lowest BCUT2D eigenvalue weighted by Gasteiger charge is -2.09. The van der Waals surface area contributed by atoms with E-state index in [-0.39, 0.29) is 5.97 Å². The number of carbonyl (C=O) groups excluding carboxylic acids is 3. The smallest absolute Gasteiger partial charge is 0.335 e. The van der Waals surface area contributed by atoms with Gasteiger partial charge >= 0.3 is 17.9 Å². The second-order valence-electron chi connectivity index (χ2n) is 13.1. The molecule has 0 aliphatic carbocycles. The largest absolute Gasteiger partial charge is 0.463 e. The lowest BCUT2D eigenvalue weighted by atomic mass is 9.99. The summed E-state index contributed by atoms with van der Waals surface area (Å²) < 4.78 is 14.8. The summed E-state index contributed by atoms with van der Waals surface area (Å²) in [5.74, 6) is 2.53. The van der Waals surface area contributed by atoms with Crippen LogP contribution < -0.4 is 9.47 Å². The Morgan fingerprint density at radius 2 is 0.906 bits per heavy atom. The minimum atomic E-state index is -0.425. The Kier molecular flexibility index (Phi) is 27.2. The summed E-state index contributed by atoms with van der Waals surface area (Å²) in [5.41, 5.74) is 3.97. The van der Waals surface area contributed by atoms with E-state index in [9.17, 15) is 14.4 Å². The van der Waals surface area contributed by atoms with E-state index in [0.717, 1.165) is 43.8 Å². The first kappa shape index (κ1) is 48.3. The van der Waals surface area contributed by atoms with E-state index in [1.54, 1.807) is 0 Å². The highest BCUT2D eigenvalue weighted by atomic mass is 16.5. The summed E-state index contributed by atoms with van der Waals surface area (Å²) >= 11 is 0. The maximum absolute atomic E-state index is 10.9. The highest BCUT2D eigenvalue weighted by molar-refractivity contribution is 5.83. The number of rotatable bonds is 17. The number of benzene rings is 3. The van der Waals surface area contributed by atoms with Crippen molar-refractivity contribution >= 4 is 17.9 Å². The molecule has 0 spiro atoms. The Morgan fingerprint density at radius 1 is 0.528 bits per heavy atom. The molecule has 290 valence electrons. The molecular formula is C47H66O6. The van der Waals surface area contributed by atoms with Crippen molar-refractivity contribution in [2.75, 3.05) is 6.61 Å². The van der Waals surface area contributed by atoms with Crippen LogP contribution in [-0.2, 0) is 19.1 Å². The predicted molar refractivity (Wildman–Crippen MR) is 222 cm³/mol. The molecule has 0 saturated heterocycles. The summed E-state index contributed by atoms with van der Waals surface area (Å²) in [6.07, 6.45) is 11.5. The van der Waals surface area contributed by atoms with E-state index >= 15 is 0 Å². The third-order valence-electron chi connectivity index (χ3n) is 9.07. The highest BCUT2D eigenvalue weighted by Gasteiger charge is 2.06. The fourth-order valence-electron chi connectivity index (χ4n) is 4.56. The predicted octanol–water partition coefficient (Wildman–Crippen LogP) is 12.7. The molecule has 0 fully saturated rings. The number of hydrogen-bond donors (Lipinski definition) is 0. The van der Waals surface area contributed by atoms with E-state index in [4.69, 9.17) is 14.2 Å². The van der Waals surface area contributed by atoms with Crippen LogP contribution in [0.15, 0.2) is 117 Å². The fourth-order valence-corrected chi connectivity index (χ4v) is 4.56. The lowest BCUT2D eigenvalue weighted by Crippen LogP contribution is -2.03. The summed E-state index contributed by atoms with van der Waals surface area (Å²) in [4.78, 5) is 32.5. The maximum Gasteiger partial charge on any atom is 0.335 e. The third kappa shape index (κ3) is 22.8. The average Bonchev–Trinajstić information content (AvgIpc) is 3.20. The van der Waals surface area contributed by atoms with Gasteiger partial charge in [0.2, 0.25) is 0 Å². The topological polar surface area (TPSA) is 78.9 Å². The molecule has 0 bridgehead atoms. The van der Waals surface area contributed by atoms with Crippen LogP contribution in [0.1, 0.15) is 135 Å². The molecule has 0 aromatic heterocycles. The zero-order chi connectivity index (χ0) is 40.0. The van der Waals surface area contributed by atoms with Crippen LogP contribution in [0.4, 0.5) is 0 Å². The van der Waals surface area contributed by atoms with Crippen molar-refractivity contribution in [3.05, 3.63) is 134 Å². The third-order valence-corrected chi connectivity index (χ3v) is 9.07. The molecule has 3 aromatic carbocycles. The van der Waals surface area contributed by atoms with Gasteiger partial charge in [0.1, 0.15) is 11.5 Å². The van der Waals surface area contributed by atoms with E-state index in [2.05, 4.69) is 105 Å². The normalized spacial score (nSPS) is 12.2. The molecule has 0 saturated carbocycles. The van der Waals surface area contributed by atoms with Crippen molar-refractivity contribution < 1.29 is 28.6 Å². The molecule has 3 aromatic rings. The van der Waals surface area contributed by atoms with Gasteiger partial charge < -0.3 is 14.2 Å². The van der Waals surface area contributed by atoms with E-state index in [1.807, 2.05) is 48.5 Å². The first-order chi connectivity index (χ1) is 25.4. The molecular weight excluding hydrogens is 661 g/mol. The zero-order valence-corrected chi connectivity index (χ0v) is 33.8. The molecule has 6 heteroatoms. The van der Waals surface area contributed by atoms with Gasteiger partial charge in [0.15, 0.2) is 0 Å². The average molecular weight is 727 g/mol. The van der Waals surface area contributed by atoms with E-state index in [0.29, 0.717) is 35.9 Å². The zero-order valence-electron chi connectivity index (χ0n) is 33.8. The molecule has 4 unspecified atom stereocenters. The van der Waals surface area contributed by atoms with Crippen molar-refractivity contribution in [1.82, 2.24) is 0 Å². The molecule has 0 aliphatic heterocycles. The summed E-state index contributed by atoms with van der Waals surface area (Å²) in [7, 11) is 0. The molecule has 3 rings (SSSR count). The summed E-state index contributed by atoms with van der Waals surface area (Å²) in [6.45, 7) is 28.1. The highest BCUT2D eigenvalue weighted by Crippen LogP contribution is 2.23. The van der Waals surface area contributed by atoms with Crippen LogP contribution in [-0.4, -0.2) is 24.5 Å². The molecule has 4 atom stereocenters. The molecule has 0 N–H and O–H groups in total. The van der Waals surface area contributed by atoms with E-state index in [1.165, 1.54) is 42.0 Å². The van der Waals surface area contributed by atoms with Crippen LogP contribution in [0.25, 0.3) is 0 Å². The van der Waals surface area contributed by atoms with Gasteiger partial charge in [-0.3, -0.25) is 0 Å². The van der Waals surface area contributed by atoms with Gasteiger partial charge in [0.25, 0.3) is 0 Å². The number of hydrogen-bond acceptors (Lipinski definition) is 6. The maximum atomic E-state index is 10.9. The lowest BCUT2D eigenvalue weighted by molar-refractivity contribution is -0.138.